The first-order chi connectivity index (χ1) is 8.27. The average molecular weight is 416 g/mol. The fourth-order valence-corrected chi connectivity index (χ4v) is 5.47. The fourth-order valence-electron chi connectivity index (χ4n) is 1.47. The number of nitro groups is 1. The molecule has 0 fully saturated rings. The number of benzene rings is 2. The topological polar surface area (TPSA) is 52.4 Å². The van der Waals surface area contributed by atoms with Gasteiger partial charge in [0.15, 0.2) is 0 Å². The second kappa shape index (κ2) is 5.77. The van der Waals surface area contributed by atoms with Crippen molar-refractivity contribution in [3.05, 3.63) is 64.7 Å². The van der Waals surface area contributed by atoms with Gasteiger partial charge in [-0.1, -0.05) is 0 Å². The van der Waals surface area contributed by atoms with Crippen LogP contribution in [0.25, 0.3) is 0 Å². The van der Waals surface area contributed by atoms with Crippen molar-refractivity contribution in [2.24, 2.45) is 0 Å². The Kier molecular flexibility index (Phi) is 4.09. The zero-order valence-electron chi connectivity index (χ0n) is 9.08. The first-order valence-corrected chi connectivity index (χ1v) is 10.2. The zero-order chi connectivity index (χ0) is 12.1. The summed E-state index contributed by atoms with van der Waals surface area (Å²) >= 11 is -1.74. The molecular weight excluding hydrogens is 407 g/mol. The molecule has 0 atom stereocenters. The van der Waals surface area contributed by atoms with Crippen LogP contribution in [0.3, 0.4) is 0 Å². The van der Waals surface area contributed by atoms with E-state index in [1.807, 2.05) is 30.3 Å². The molecule has 2 aromatic carbocycles. The maximum absolute atomic E-state index is 10.8. The van der Waals surface area contributed by atoms with Gasteiger partial charge in [-0.25, -0.2) is 0 Å². The molecule has 0 unspecified atom stereocenters. The minimum atomic E-state index is -1.74. The van der Waals surface area contributed by atoms with Gasteiger partial charge >= 0.3 is 112 Å². The van der Waals surface area contributed by atoms with E-state index in [1.54, 1.807) is 18.2 Å². The minimum absolute atomic E-state index is 0.0448. The molecule has 0 amide bonds. The average Bonchev–Trinajstić information content (AvgIpc) is 2.38. The number of nitro benzene ring substituents is 1. The van der Waals surface area contributed by atoms with E-state index in [4.69, 9.17) is 2.64 Å². The Morgan fingerprint density at radius 3 is 2.35 bits per heavy atom. The van der Waals surface area contributed by atoms with Gasteiger partial charge in [-0.05, 0) is 0 Å². The molecule has 17 heavy (non-hydrogen) atoms. The molecular formula is C12H9HgNO3. The van der Waals surface area contributed by atoms with Crippen LogP contribution in [0.4, 0.5) is 5.69 Å². The van der Waals surface area contributed by atoms with Gasteiger partial charge in [-0.15, -0.1) is 0 Å². The molecule has 2 rings (SSSR count). The molecule has 0 saturated carbocycles. The number of hydrogen-bond donors (Lipinski definition) is 0. The van der Waals surface area contributed by atoms with Crippen molar-refractivity contribution in [3.63, 3.8) is 0 Å². The molecule has 0 aliphatic rings. The monoisotopic (exact) mass is 417 g/mol. The van der Waals surface area contributed by atoms with Crippen LogP contribution in [0.2, 0.25) is 0 Å². The van der Waals surface area contributed by atoms with E-state index >= 15 is 0 Å². The van der Waals surface area contributed by atoms with Crippen molar-refractivity contribution in [1.29, 1.82) is 0 Å². The Hall–Kier alpha value is -1.42. The molecule has 2 aromatic rings. The second-order valence-corrected chi connectivity index (χ2v) is 8.92. The van der Waals surface area contributed by atoms with E-state index in [0.717, 1.165) is 0 Å². The predicted molar refractivity (Wildman–Crippen MR) is 59.8 cm³/mol. The Balaban J connectivity index is 2.12. The van der Waals surface area contributed by atoms with Gasteiger partial charge in [0, 0.05) is 0 Å². The van der Waals surface area contributed by atoms with E-state index in [1.165, 1.54) is 9.14 Å². The van der Waals surface area contributed by atoms with E-state index in [9.17, 15) is 10.1 Å². The first kappa shape index (κ1) is 12.0. The SMILES string of the molecule is O=[N+]([O-])c1ccccc1[O][Hg][c]1ccccc1. The molecule has 5 heteroatoms. The summed E-state index contributed by atoms with van der Waals surface area (Å²) in [5, 5.41) is 10.8. The van der Waals surface area contributed by atoms with E-state index in [0.29, 0.717) is 5.75 Å². The van der Waals surface area contributed by atoms with Gasteiger partial charge in [0.2, 0.25) is 0 Å². The summed E-state index contributed by atoms with van der Waals surface area (Å²) < 4.78 is 6.86. The van der Waals surface area contributed by atoms with Gasteiger partial charge in [-0.3, -0.25) is 0 Å². The number of hydrogen-bond acceptors (Lipinski definition) is 3. The molecule has 0 aliphatic heterocycles. The summed E-state index contributed by atoms with van der Waals surface area (Å²) in [6.45, 7) is 0. The van der Waals surface area contributed by atoms with Crippen LogP contribution in [0.1, 0.15) is 0 Å². The fraction of sp³-hybridized carbons (Fsp3) is 0. The first-order valence-electron chi connectivity index (χ1n) is 5.17. The van der Waals surface area contributed by atoms with Crippen LogP contribution < -0.4 is 5.72 Å². The second-order valence-electron chi connectivity index (χ2n) is 3.50. The Bertz CT molecular complexity index is 516. The van der Waals surface area contributed by atoms with Crippen LogP contribution in [0, 0.1) is 10.1 Å². The van der Waals surface area contributed by atoms with Crippen molar-refractivity contribution in [2.45, 2.75) is 0 Å². The standard InChI is InChI=1S/C6H5NO3.C6H5.Hg/c8-6-4-2-1-3-5(6)7(9)10;1-2-4-6-5-3-1;/h1-4,8H;1-5H;/q;;+1/p-1. The van der Waals surface area contributed by atoms with Crippen molar-refractivity contribution in [2.75, 3.05) is 0 Å². The van der Waals surface area contributed by atoms with Crippen molar-refractivity contribution in [3.8, 4) is 5.75 Å². The number of para-hydroxylation sites is 2. The van der Waals surface area contributed by atoms with E-state index < -0.39 is 30.0 Å². The normalized spacial score (nSPS) is 9.41. The quantitative estimate of drug-likeness (QED) is 0.437. The Morgan fingerprint density at radius 2 is 1.65 bits per heavy atom. The molecule has 0 aromatic heterocycles. The van der Waals surface area contributed by atoms with E-state index in [2.05, 4.69) is 0 Å². The van der Waals surface area contributed by atoms with Gasteiger partial charge in [0.05, 0.1) is 0 Å². The molecule has 0 radical (unpaired) electrons. The Morgan fingerprint density at radius 1 is 1.00 bits per heavy atom. The van der Waals surface area contributed by atoms with Crippen LogP contribution in [0.5, 0.6) is 5.75 Å². The maximum atomic E-state index is 10.8. The van der Waals surface area contributed by atoms with Crippen LogP contribution in [0.15, 0.2) is 54.6 Å². The predicted octanol–water partition coefficient (Wildman–Crippen LogP) is 2.30. The van der Waals surface area contributed by atoms with Gasteiger partial charge in [0.25, 0.3) is 0 Å². The summed E-state index contributed by atoms with van der Waals surface area (Å²) in [6, 6.07) is 16.4. The molecule has 0 aliphatic carbocycles. The summed E-state index contributed by atoms with van der Waals surface area (Å²) in [4.78, 5) is 10.4. The molecule has 0 N–H and O–H groups in total. The summed E-state index contributed by atoms with van der Waals surface area (Å²) in [7, 11) is 0. The van der Waals surface area contributed by atoms with Crippen molar-refractivity contribution >= 4 is 8.76 Å². The van der Waals surface area contributed by atoms with Gasteiger partial charge in [0.1, 0.15) is 0 Å². The molecule has 0 heterocycles. The van der Waals surface area contributed by atoms with Crippen molar-refractivity contribution in [1.82, 2.24) is 0 Å². The van der Waals surface area contributed by atoms with Crippen LogP contribution >= 0.6 is 0 Å². The van der Waals surface area contributed by atoms with E-state index in [-0.39, 0.29) is 5.69 Å². The zero-order valence-corrected chi connectivity index (χ0v) is 14.6. The van der Waals surface area contributed by atoms with Crippen molar-refractivity contribution < 1.29 is 32.6 Å². The molecule has 0 bridgehead atoms. The van der Waals surface area contributed by atoms with Crippen LogP contribution in [-0.2, 0) is 25.0 Å². The third-order valence-corrected chi connectivity index (χ3v) is 7.20. The third-order valence-electron chi connectivity index (χ3n) is 2.30. The molecule has 82 valence electrons. The molecule has 0 spiro atoms. The van der Waals surface area contributed by atoms with Gasteiger partial charge in [-0.2, -0.15) is 0 Å². The third kappa shape index (κ3) is 3.26. The van der Waals surface area contributed by atoms with Crippen LogP contribution in [-0.4, -0.2) is 4.92 Å². The summed E-state index contributed by atoms with van der Waals surface area (Å²) in [6.07, 6.45) is 0. The molecule has 4 nitrogen and oxygen atoms in total. The Labute approximate surface area is 111 Å². The molecule has 0 saturated heterocycles. The van der Waals surface area contributed by atoms with Gasteiger partial charge < -0.3 is 0 Å². The number of rotatable bonds is 4. The summed E-state index contributed by atoms with van der Waals surface area (Å²) in [5.74, 6) is 0.392. The summed E-state index contributed by atoms with van der Waals surface area (Å²) in [5.41, 5.74) is 0.0448. The number of nitrogens with zero attached hydrogens (tertiary/aromatic N) is 1.